The van der Waals surface area contributed by atoms with E-state index in [4.69, 9.17) is 5.11 Å². The molecule has 0 aromatic carbocycles. The molecule has 0 radical (unpaired) electrons. The van der Waals surface area contributed by atoms with Crippen molar-refractivity contribution < 1.29 is 14.7 Å². The highest BCUT2D eigenvalue weighted by Crippen LogP contribution is 2.60. The van der Waals surface area contributed by atoms with Gasteiger partial charge in [-0.25, -0.2) is 4.79 Å². The Hall–Kier alpha value is -2.17. The lowest BCUT2D eigenvalue weighted by molar-refractivity contribution is -0.131. The number of rotatable bonds is 6. The van der Waals surface area contributed by atoms with Crippen LogP contribution in [-0.4, -0.2) is 28.5 Å². The van der Waals surface area contributed by atoms with E-state index >= 15 is 0 Å². The van der Waals surface area contributed by atoms with E-state index in [0.29, 0.717) is 16.5 Å². The summed E-state index contributed by atoms with van der Waals surface area (Å²) in [5.41, 5.74) is 1.34. The van der Waals surface area contributed by atoms with Crippen molar-refractivity contribution in [2.45, 2.75) is 25.7 Å². The van der Waals surface area contributed by atoms with E-state index in [1.807, 2.05) is 0 Å². The minimum Gasteiger partial charge on any atom is -0.478 e. The smallest absolute Gasteiger partial charge is 0.328 e. The molecule has 0 spiro atoms. The van der Waals surface area contributed by atoms with Crippen LogP contribution in [0.3, 0.4) is 0 Å². The van der Waals surface area contributed by atoms with E-state index in [1.54, 1.807) is 12.3 Å². The van der Waals surface area contributed by atoms with Crippen LogP contribution in [0.25, 0.3) is 6.08 Å². The molecule has 2 N–H and O–H groups in total. The molecule has 2 fully saturated rings. The second-order valence-electron chi connectivity index (χ2n) is 5.95. The van der Waals surface area contributed by atoms with Crippen LogP contribution in [0, 0.1) is 11.3 Å². The molecule has 1 aromatic rings. The van der Waals surface area contributed by atoms with Gasteiger partial charge >= 0.3 is 5.97 Å². The molecule has 0 saturated heterocycles. The maximum absolute atomic E-state index is 12.3. The summed E-state index contributed by atoms with van der Waals surface area (Å²) in [5.74, 6) is -0.410. The number of amides is 1. The molecule has 1 amide bonds. The Bertz CT molecular complexity index is 601. The Labute approximate surface area is 123 Å². The third kappa shape index (κ3) is 3.12. The number of nitrogens with one attached hydrogen (secondary N) is 1. The molecular weight excluding hydrogens is 268 g/mol. The molecule has 2 saturated carbocycles. The van der Waals surface area contributed by atoms with Crippen molar-refractivity contribution in [3.63, 3.8) is 0 Å². The minimum atomic E-state index is -1.05. The average molecular weight is 286 g/mol. The lowest BCUT2D eigenvalue weighted by Crippen LogP contribution is -2.31. The highest BCUT2D eigenvalue weighted by molar-refractivity contribution is 5.98. The van der Waals surface area contributed by atoms with Gasteiger partial charge in [0.15, 0.2) is 0 Å². The Kier molecular flexibility index (Phi) is 3.49. The van der Waals surface area contributed by atoms with Gasteiger partial charge in [0.2, 0.25) is 0 Å². The van der Waals surface area contributed by atoms with Gasteiger partial charge in [-0.2, -0.15) is 0 Å². The van der Waals surface area contributed by atoms with E-state index in [-0.39, 0.29) is 5.91 Å². The van der Waals surface area contributed by atoms with E-state index in [2.05, 4.69) is 10.3 Å². The molecule has 110 valence electrons. The second-order valence-corrected chi connectivity index (χ2v) is 5.95. The van der Waals surface area contributed by atoms with Crippen LogP contribution in [0.5, 0.6) is 0 Å². The zero-order valence-electron chi connectivity index (χ0n) is 11.7. The Balaban J connectivity index is 1.68. The van der Waals surface area contributed by atoms with Gasteiger partial charge in [0, 0.05) is 36.1 Å². The molecule has 2 aliphatic rings. The molecule has 1 heterocycles. The number of hydrogen-bond donors (Lipinski definition) is 2. The molecule has 1 aromatic heterocycles. The number of pyridine rings is 1. The van der Waals surface area contributed by atoms with Crippen molar-refractivity contribution in [1.29, 1.82) is 0 Å². The Morgan fingerprint density at radius 2 is 2.19 bits per heavy atom. The fourth-order valence-electron chi connectivity index (χ4n) is 2.84. The second kappa shape index (κ2) is 5.31. The van der Waals surface area contributed by atoms with Crippen LogP contribution in [-0.2, 0) is 4.79 Å². The van der Waals surface area contributed by atoms with Crippen LogP contribution >= 0.6 is 0 Å². The highest BCUT2D eigenvalue weighted by atomic mass is 16.4. The monoisotopic (exact) mass is 286 g/mol. The molecule has 0 atom stereocenters. The Morgan fingerprint density at radius 1 is 1.43 bits per heavy atom. The third-order valence-corrected chi connectivity index (χ3v) is 4.44. The zero-order chi connectivity index (χ0) is 14.9. The topological polar surface area (TPSA) is 79.3 Å². The van der Waals surface area contributed by atoms with Crippen molar-refractivity contribution in [2.24, 2.45) is 11.3 Å². The van der Waals surface area contributed by atoms with Crippen LogP contribution in [0.4, 0.5) is 0 Å². The van der Waals surface area contributed by atoms with Crippen molar-refractivity contribution in [2.75, 3.05) is 6.54 Å². The first-order valence-electron chi connectivity index (χ1n) is 7.24. The van der Waals surface area contributed by atoms with Gasteiger partial charge in [-0.15, -0.1) is 0 Å². The van der Waals surface area contributed by atoms with Gasteiger partial charge in [-0.3, -0.25) is 9.78 Å². The largest absolute Gasteiger partial charge is 0.478 e. The number of aromatic nitrogens is 1. The molecule has 5 nitrogen and oxygen atoms in total. The number of hydrogen-bond acceptors (Lipinski definition) is 3. The predicted octanol–water partition coefficient (Wildman–Crippen LogP) is 2.10. The summed E-state index contributed by atoms with van der Waals surface area (Å²) in [4.78, 5) is 26.8. The van der Waals surface area contributed by atoms with Gasteiger partial charge in [-0.05, 0) is 49.2 Å². The van der Waals surface area contributed by atoms with Crippen molar-refractivity contribution in [3.8, 4) is 0 Å². The van der Waals surface area contributed by atoms with Crippen LogP contribution in [0.1, 0.15) is 41.6 Å². The van der Waals surface area contributed by atoms with E-state index < -0.39 is 5.97 Å². The van der Waals surface area contributed by atoms with E-state index in [0.717, 1.165) is 18.5 Å². The van der Waals surface area contributed by atoms with Crippen LogP contribution < -0.4 is 5.32 Å². The standard InChI is InChI=1S/C16H18N2O3/c19-14(20)4-1-11-9-17-8-5-13(11)15(21)18-10-16(6-7-16)12-2-3-12/h1,4-5,8-9,12H,2-3,6-7,10H2,(H,18,21)(H,19,20)/b4-1+. The quantitative estimate of drug-likeness (QED) is 0.785. The fraction of sp³-hybridized carbons (Fsp3) is 0.438. The Morgan fingerprint density at radius 3 is 2.81 bits per heavy atom. The molecule has 2 aliphatic carbocycles. The van der Waals surface area contributed by atoms with Gasteiger partial charge in [-0.1, -0.05) is 0 Å². The third-order valence-electron chi connectivity index (χ3n) is 4.44. The van der Waals surface area contributed by atoms with Crippen LogP contribution in [0.15, 0.2) is 24.5 Å². The number of carbonyl (C=O) groups excluding carboxylic acids is 1. The van der Waals surface area contributed by atoms with Crippen molar-refractivity contribution in [1.82, 2.24) is 10.3 Å². The highest BCUT2D eigenvalue weighted by Gasteiger charge is 2.53. The van der Waals surface area contributed by atoms with Crippen LogP contribution in [0.2, 0.25) is 0 Å². The van der Waals surface area contributed by atoms with Gasteiger partial charge in [0.25, 0.3) is 5.91 Å². The first-order valence-corrected chi connectivity index (χ1v) is 7.24. The number of carboxylic acids is 1. The van der Waals surface area contributed by atoms with Gasteiger partial charge in [0.1, 0.15) is 0 Å². The SMILES string of the molecule is O=C(O)/C=C/c1cnccc1C(=O)NCC1(C2CC2)CC1. The summed E-state index contributed by atoms with van der Waals surface area (Å²) in [5, 5.41) is 11.7. The summed E-state index contributed by atoms with van der Waals surface area (Å²) in [6.45, 7) is 0.723. The summed E-state index contributed by atoms with van der Waals surface area (Å²) < 4.78 is 0. The molecule has 0 aliphatic heterocycles. The number of carbonyl (C=O) groups is 2. The molecule has 3 rings (SSSR count). The fourth-order valence-corrected chi connectivity index (χ4v) is 2.84. The number of carboxylic acid groups (broad SMARTS) is 1. The van der Waals surface area contributed by atoms with E-state index in [9.17, 15) is 9.59 Å². The lowest BCUT2D eigenvalue weighted by atomic mass is 10.0. The predicted molar refractivity (Wildman–Crippen MR) is 77.6 cm³/mol. The zero-order valence-corrected chi connectivity index (χ0v) is 11.7. The molecular formula is C16H18N2O3. The lowest BCUT2D eigenvalue weighted by Gasteiger charge is -2.15. The first kappa shape index (κ1) is 13.8. The summed E-state index contributed by atoms with van der Waals surface area (Å²) >= 11 is 0. The average Bonchev–Trinajstić information content (AvgIpc) is 3.35. The first-order chi connectivity index (χ1) is 10.1. The molecule has 21 heavy (non-hydrogen) atoms. The summed E-state index contributed by atoms with van der Waals surface area (Å²) in [7, 11) is 0. The summed E-state index contributed by atoms with van der Waals surface area (Å²) in [6.07, 6.45) is 10.5. The number of aliphatic carboxylic acids is 1. The number of nitrogens with zero attached hydrogens (tertiary/aromatic N) is 1. The summed E-state index contributed by atoms with van der Waals surface area (Å²) in [6, 6.07) is 1.62. The minimum absolute atomic E-state index is 0.158. The normalized spacial score (nSPS) is 19.4. The molecule has 5 heteroatoms. The molecule has 0 bridgehead atoms. The maximum atomic E-state index is 12.3. The van der Waals surface area contributed by atoms with Gasteiger partial charge < -0.3 is 10.4 Å². The van der Waals surface area contributed by atoms with E-state index in [1.165, 1.54) is 38.0 Å². The van der Waals surface area contributed by atoms with Crippen molar-refractivity contribution in [3.05, 3.63) is 35.7 Å². The maximum Gasteiger partial charge on any atom is 0.328 e. The molecule has 0 unspecified atom stereocenters. The van der Waals surface area contributed by atoms with Gasteiger partial charge in [0.05, 0.1) is 0 Å². The van der Waals surface area contributed by atoms with Crippen molar-refractivity contribution >= 4 is 18.0 Å².